The summed E-state index contributed by atoms with van der Waals surface area (Å²) in [6.45, 7) is 5.53. The summed E-state index contributed by atoms with van der Waals surface area (Å²) in [4.78, 5) is 15.8. The van der Waals surface area contributed by atoms with Crippen LogP contribution in [0, 0.1) is 5.41 Å². The Morgan fingerprint density at radius 3 is 2.58 bits per heavy atom. The van der Waals surface area contributed by atoms with Gasteiger partial charge in [-0.25, -0.2) is 0 Å². The van der Waals surface area contributed by atoms with Crippen molar-refractivity contribution in [1.29, 1.82) is 0 Å². The molecule has 3 aliphatic heterocycles. The number of halogens is 1. The van der Waals surface area contributed by atoms with Crippen LogP contribution in [0.15, 0.2) is 53.7 Å². The van der Waals surface area contributed by atoms with E-state index in [1.54, 1.807) is 0 Å². The van der Waals surface area contributed by atoms with Crippen molar-refractivity contribution in [3.8, 4) is 11.5 Å². The second kappa shape index (κ2) is 6.64. The highest BCUT2D eigenvalue weighted by Gasteiger charge is 2.42. The summed E-state index contributed by atoms with van der Waals surface area (Å²) < 4.78 is 11.3. The molecule has 0 bridgehead atoms. The highest BCUT2D eigenvalue weighted by atomic mass is 35.5. The fourth-order valence-electron chi connectivity index (χ4n) is 5.46. The van der Waals surface area contributed by atoms with Crippen LogP contribution in [0.5, 0.6) is 11.5 Å². The molecule has 0 N–H and O–H groups in total. The number of rotatable bonds is 1. The highest BCUT2D eigenvalue weighted by molar-refractivity contribution is 6.30. The molecule has 2 aromatic carbocycles. The average Bonchev–Trinajstić information content (AvgIpc) is 3.18. The molecule has 2 aromatic rings. The lowest BCUT2D eigenvalue weighted by molar-refractivity contribution is -0.118. The van der Waals surface area contributed by atoms with Gasteiger partial charge in [-0.05, 0) is 59.7 Å². The molecule has 0 saturated heterocycles. The number of ether oxygens (including phenoxy) is 2. The van der Waals surface area contributed by atoms with E-state index < -0.39 is 0 Å². The van der Waals surface area contributed by atoms with E-state index in [1.165, 1.54) is 22.5 Å². The van der Waals surface area contributed by atoms with E-state index in [9.17, 15) is 4.79 Å². The molecule has 4 aliphatic rings. The Labute approximate surface area is 187 Å². The van der Waals surface area contributed by atoms with Gasteiger partial charge in [0.1, 0.15) is 0 Å². The molecule has 4 nitrogen and oxygen atoms in total. The fraction of sp³-hybridized carbons (Fsp3) is 0.346. The van der Waals surface area contributed by atoms with Gasteiger partial charge in [0.15, 0.2) is 17.3 Å². The quantitative estimate of drug-likeness (QED) is 0.577. The minimum atomic E-state index is -0.0708. The normalized spacial score (nSPS) is 23.2. The molecule has 0 spiro atoms. The summed E-state index contributed by atoms with van der Waals surface area (Å²) in [5.41, 5.74) is 6.81. The summed E-state index contributed by atoms with van der Waals surface area (Å²) in [5, 5.41) is 0.704. The maximum atomic E-state index is 13.4. The van der Waals surface area contributed by atoms with Gasteiger partial charge in [0.2, 0.25) is 6.79 Å². The molecular formula is C26H24ClNO3. The zero-order valence-corrected chi connectivity index (χ0v) is 18.5. The number of allylic oxidation sites excluding steroid dienone is 3. The second-order valence-electron chi connectivity index (χ2n) is 9.65. The lowest BCUT2D eigenvalue weighted by Gasteiger charge is -2.46. The molecule has 1 atom stereocenters. The highest BCUT2D eigenvalue weighted by Crippen LogP contribution is 2.51. The Kier molecular flexibility index (Phi) is 4.07. The third-order valence-electron chi connectivity index (χ3n) is 6.86. The van der Waals surface area contributed by atoms with Gasteiger partial charge in [-0.15, -0.1) is 0 Å². The number of nitrogens with zero attached hydrogens (tertiary/aromatic N) is 1. The Bertz CT molecular complexity index is 1180. The summed E-state index contributed by atoms with van der Waals surface area (Å²) in [6, 6.07) is 12.1. The fourth-order valence-corrected chi connectivity index (χ4v) is 5.58. The summed E-state index contributed by atoms with van der Waals surface area (Å²) in [6.07, 6.45) is 4.66. The third-order valence-corrected chi connectivity index (χ3v) is 7.11. The van der Waals surface area contributed by atoms with Crippen LogP contribution in [0.2, 0.25) is 5.02 Å². The predicted molar refractivity (Wildman–Crippen MR) is 120 cm³/mol. The number of benzene rings is 2. The standard InChI is InChI=1S/C26H24ClNO3/c1-26(2)12-21-25(22(29)13-26)19(15-3-5-17(27)6-4-15)10-20-18-11-24-23(30-14-31-24)9-16(18)7-8-28(20)21/h3-6,9-11,19H,7-8,12-14H2,1-2H3/t19-/m1/s1. The van der Waals surface area contributed by atoms with Crippen molar-refractivity contribution in [2.75, 3.05) is 13.3 Å². The Balaban J connectivity index is 1.55. The zero-order valence-electron chi connectivity index (χ0n) is 17.7. The van der Waals surface area contributed by atoms with Gasteiger partial charge in [-0.1, -0.05) is 37.6 Å². The van der Waals surface area contributed by atoms with Crippen molar-refractivity contribution in [3.63, 3.8) is 0 Å². The first kappa shape index (κ1) is 19.0. The van der Waals surface area contributed by atoms with Crippen molar-refractivity contribution < 1.29 is 14.3 Å². The molecule has 0 aromatic heterocycles. The maximum absolute atomic E-state index is 13.4. The van der Waals surface area contributed by atoms with E-state index >= 15 is 0 Å². The Morgan fingerprint density at radius 1 is 1.06 bits per heavy atom. The molecule has 158 valence electrons. The first-order valence-corrected chi connectivity index (χ1v) is 11.2. The largest absolute Gasteiger partial charge is 0.454 e. The Morgan fingerprint density at radius 2 is 1.81 bits per heavy atom. The third kappa shape index (κ3) is 3.00. The average molecular weight is 434 g/mol. The van der Waals surface area contributed by atoms with Gasteiger partial charge in [-0.3, -0.25) is 4.79 Å². The summed E-state index contributed by atoms with van der Waals surface area (Å²) in [7, 11) is 0. The zero-order chi connectivity index (χ0) is 21.3. The molecule has 1 aliphatic carbocycles. The van der Waals surface area contributed by atoms with Crippen molar-refractivity contribution in [1.82, 2.24) is 4.90 Å². The van der Waals surface area contributed by atoms with Gasteiger partial charge in [-0.2, -0.15) is 0 Å². The van der Waals surface area contributed by atoms with Crippen molar-refractivity contribution in [3.05, 3.63) is 75.5 Å². The van der Waals surface area contributed by atoms with Crippen LogP contribution in [0.3, 0.4) is 0 Å². The topological polar surface area (TPSA) is 38.8 Å². The molecule has 3 heterocycles. The lowest BCUT2D eigenvalue weighted by atomic mass is 9.69. The van der Waals surface area contributed by atoms with Crippen LogP contribution < -0.4 is 9.47 Å². The monoisotopic (exact) mass is 433 g/mol. The number of carbonyl (C=O) groups excluding carboxylic acids is 1. The van der Waals surface area contributed by atoms with Crippen LogP contribution in [0.25, 0.3) is 5.70 Å². The van der Waals surface area contributed by atoms with Crippen LogP contribution in [-0.2, 0) is 11.2 Å². The maximum Gasteiger partial charge on any atom is 0.231 e. The molecule has 0 amide bonds. The van der Waals surface area contributed by atoms with Crippen molar-refractivity contribution in [2.45, 2.75) is 39.0 Å². The van der Waals surface area contributed by atoms with Crippen LogP contribution in [0.4, 0.5) is 0 Å². The van der Waals surface area contributed by atoms with Gasteiger partial charge in [0.05, 0.1) is 0 Å². The number of hydrogen-bond donors (Lipinski definition) is 0. The predicted octanol–water partition coefficient (Wildman–Crippen LogP) is 5.71. The second-order valence-corrected chi connectivity index (χ2v) is 10.1. The lowest BCUT2D eigenvalue weighted by Crippen LogP contribution is -2.40. The number of ketones is 1. The number of fused-ring (bicyclic) bond motifs is 5. The molecule has 31 heavy (non-hydrogen) atoms. The van der Waals surface area contributed by atoms with Crippen molar-refractivity contribution >= 4 is 23.1 Å². The SMILES string of the molecule is CC1(C)CC(=O)C2=C(C1)N1CCc3cc4c(cc3C1=C[C@@H]2c1ccc(Cl)cc1)OCO4. The number of carbonyl (C=O) groups is 1. The molecule has 6 rings (SSSR count). The molecule has 0 fully saturated rings. The smallest absolute Gasteiger partial charge is 0.231 e. The first-order valence-electron chi connectivity index (χ1n) is 10.8. The first-order chi connectivity index (χ1) is 14.9. The van der Waals surface area contributed by atoms with E-state index in [0.29, 0.717) is 11.4 Å². The van der Waals surface area contributed by atoms with Crippen LogP contribution >= 0.6 is 11.6 Å². The Hall–Kier alpha value is -2.72. The van der Waals surface area contributed by atoms with Gasteiger partial charge in [0.25, 0.3) is 0 Å². The van der Waals surface area contributed by atoms with Gasteiger partial charge < -0.3 is 14.4 Å². The van der Waals surface area contributed by atoms with Gasteiger partial charge in [0, 0.05) is 46.4 Å². The molecule has 5 heteroatoms. The number of Topliss-reactive ketones (excluding diaryl/α,β-unsaturated/α-hetero) is 1. The van der Waals surface area contributed by atoms with E-state index in [0.717, 1.165) is 42.0 Å². The van der Waals surface area contributed by atoms with Gasteiger partial charge >= 0.3 is 0 Å². The molecular weight excluding hydrogens is 410 g/mol. The van der Waals surface area contributed by atoms with E-state index in [1.807, 2.05) is 24.3 Å². The minimum absolute atomic E-state index is 0.0436. The minimum Gasteiger partial charge on any atom is -0.454 e. The summed E-state index contributed by atoms with van der Waals surface area (Å²) >= 11 is 6.16. The van der Waals surface area contributed by atoms with E-state index in [2.05, 4.69) is 37.0 Å². The van der Waals surface area contributed by atoms with Crippen LogP contribution in [0.1, 0.15) is 49.3 Å². The van der Waals surface area contributed by atoms with Crippen LogP contribution in [-0.4, -0.2) is 24.0 Å². The summed E-state index contributed by atoms with van der Waals surface area (Å²) in [5.74, 6) is 1.81. The molecule has 0 radical (unpaired) electrons. The van der Waals surface area contributed by atoms with E-state index in [4.69, 9.17) is 21.1 Å². The van der Waals surface area contributed by atoms with Crippen molar-refractivity contribution in [2.24, 2.45) is 5.41 Å². The molecule has 0 unspecified atom stereocenters. The number of hydrogen-bond acceptors (Lipinski definition) is 4. The molecule has 0 saturated carbocycles. The van der Waals surface area contributed by atoms with E-state index in [-0.39, 0.29) is 23.9 Å².